The van der Waals surface area contributed by atoms with Crippen LogP contribution in [-0.4, -0.2) is 36.2 Å². The Bertz CT molecular complexity index is 671. The predicted molar refractivity (Wildman–Crippen MR) is 70.4 cm³/mol. The molecule has 19 heavy (non-hydrogen) atoms. The van der Waals surface area contributed by atoms with E-state index < -0.39 is 15.4 Å². The summed E-state index contributed by atoms with van der Waals surface area (Å²) in [5.74, 6) is 0.0975. The summed E-state index contributed by atoms with van der Waals surface area (Å²) < 4.78 is 36.6. The molecule has 2 heterocycles. The summed E-state index contributed by atoms with van der Waals surface area (Å²) in [5, 5.41) is 8.17. The lowest BCUT2D eigenvalue weighted by Gasteiger charge is -2.35. The lowest BCUT2D eigenvalue weighted by molar-refractivity contribution is 0.222. The molecule has 0 radical (unpaired) electrons. The Morgan fingerprint density at radius 2 is 2.16 bits per heavy atom. The number of halogens is 1. The van der Waals surface area contributed by atoms with Gasteiger partial charge in [0.05, 0.1) is 17.0 Å². The highest BCUT2D eigenvalue weighted by Gasteiger charge is 2.46. The van der Waals surface area contributed by atoms with Crippen LogP contribution in [0, 0.1) is 11.2 Å². The van der Waals surface area contributed by atoms with E-state index in [1.807, 2.05) is 6.92 Å². The Hall–Kier alpha value is -1.43. The lowest BCUT2D eigenvalue weighted by Crippen LogP contribution is -2.47. The van der Waals surface area contributed by atoms with Crippen LogP contribution < -0.4 is 0 Å². The second kappa shape index (κ2) is 3.79. The average molecular weight is 282 g/mol. The fourth-order valence-corrected chi connectivity index (χ4v) is 5.11. The highest BCUT2D eigenvalue weighted by atomic mass is 32.2. The number of nitrogens with one attached hydrogen (secondary N) is 1. The number of fused-ring (bicyclic) bond motifs is 1. The van der Waals surface area contributed by atoms with Crippen molar-refractivity contribution in [3.05, 3.63) is 35.1 Å². The molecule has 1 aromatic carbocycles. The number of sulfone groups is 1. The van der Waals surface area contributed by atoms with Gasteiger partial charge in [-0.2, -0.15) is 0 Å². The second-order valence-corrected chi connectivity index (χ2v) is 7.76. The van der Waals surface area contributed by atoms with Crippen molar-refractivity contribution in [2.24, 2.45) is 0 Å². The van der Waals surface area contributed by atoms with Crippen LogP contribution in [0.3, 0.4) is 0 Å². The highest BCUT2D eigenvalue weighted by Crippen LogP contribution is 2.36. The molecule has 1 aromatic rings. The summed E-state index contributed by atoms with van der Waals surface area (Å²) in [6.45, 7) is 2.36. The SMILES string of the molecule is CC1(N2Cc3ccc(F)cc3C2=N)CCS(=O)(=O)C1. The molecule has 3 rings (SSSR count). The summed E-state index contributed by atoms with van der Waals surface area (Å²) in [5.41, 5.74) is 0.910. The maximum absolute atomic E-state index is 13.2. The van der Waals surface area contributed by atoms with Crippen molar-refractivity contribution in [2.75, 3.05) is 11.5 Å². The monoisotopic (exact) mass is 282 g/mol. The lowest BCUT2D eigenvalue weighted by atomic mass is 9.99. The number of amidine groups is 1. The molecule has 2 aliphatic rings. The molecule has 102 valence electrons. The maximum Gasteiger partial charge on any atom is 0.152 e. The molecular formula is C13H15FN2O2S. The molecule has 1 atom stereocenters. The predicted octanol–water partition coefficient (Wildman–Crippen LogP) is 1.54. The average Bonchev–Trinajstić information content (AvgIpc) is 2.79. The molecule has 1 saturated heterocycles. The van der Waals surface area contributed by atoms with Gasteiger partial charge in [0, 0.05) is 12.1 Å². The Morgan fingerprint density at radius 1 is 1.42 bits per heavy atom. The molecule has 0 aromatic heterocycles. The zero-order chi connectivity index (χ0) is 13.8. The number of hydrogen-bond acceptors (Lipinski definition) is 3. The maximum atomic E-state index is 13.2. The van der Waals surface area contributed by atoms with Gasteiger partial charge < -0.3 is 4.90 Å². The van der Waals surface area contributed by atoms with Crippen LogP contribution in [0.5, 0.6) is 0 Å². The summed E-state index contributed by atoms with van der Waals surface area (Å²) in [6, 6.07) is 4.40. The van der Waals surface area contributed by atoms with E-state index in [-0.39, 0.29) is 23.2 Å². The molecule has 0 spiro atoms. The Kier molecular flexibility index (Phi) is 2.51. The van der Waals surface area contributed by atoms with Crippen molar-refractivity contribution in [3.63, 3.8) is 0 Å². The third kappa shape index (κ3) is 1.94. The first-order chi connectivity index (χ1) is 8.81. The molecular weight excluding hydrogens is 267 g/mol. The van der Waals surface area contributed by atoms with Gasteiger partial charge in [-0.15, -0.1) is 0 Å². The molecule has 1 unspecified atom stereocenters. The van der Waals surface area contributed by atoms with Crippen LogP contribution in [-0.2, 0) is 16.4 Å². The van der Waals surface area contributed by atoms with E-state index in [1.165, 1.54) is 12.1 Å². The number of rotatable bonds is 1. The zero-order valence-corrected chi connectivity index (χ0v) is 11.4. The van der Waals surface area contributed by atoms with Crippen molar-refractivity contribution in [1.29, 1.82) is 5.41 Å². The van der Waals surface area contributed by atoms with Crippen molar-refractivity contribution in [1.82, 2.24) is 4.90 Å². The van der Waals surface area contributed by atoms with E-state index in [1.54, 1.807) is 11.0 Å². The van der Waals surface area contributed by atoms with E-state index in [0.717, 1.165) is 5.56 Å². The third-order valence-corrected chi connectivity index (χ3v) is 5.95. The van der Waals surface area contributed by atoms with Crippen LogP contribution in [0.4, 0.5) is 4.39 Å². The first-order valence-corrected chi connectivity index (χ1v) is 7.98. The van der Waals surface area contributed by atoms with Crippen LogP contribution in [0.15, 0.2) is 18.2 Å². The van der Waals surface area contributed by atoms with Crippen LogP contribution >= 0.6 is 0 Å². The van der Waals surface area contributed by atoms with Crippen molar-refractivity contribution >= 4 is 15.7 Å². The molecule has 4 nitrogen and oxygen atoms in total. The van der Waals surface area contributed by atoms with Crippen molar-refractivity contribution < 1.29 is 12.8 Å². The quantitative estimate of drug-likeness (QED) is 0.850. The highest BCUT2D eigenvalue weighted by molar-refractivity contribution is 7.91. The Labute approximate surface area is 111 Å². The summed E-state index contributed by atoms with van der Waals surface area (Å²) in [4.78, 5) is 1.79. The molecule has 0 bridgehead atoms. The number of nitrogens with zero attached hydrogens (tertiary/aromatic N) is 1. The van der Waals surface area contributed by atoms with Gasteiger partial charge in [-0.3, -0.25) is 5.41 Å². The van der Waals surface area contributed by atoms with Crippen molar-refractivity contribution in [2.45, 2.75) is 25.4 Å². The number of hydrogen-bond donors (Lipinski definition) is 1. The van der Waals surface area contributed by atoms with Gasteiger partial charge in [-0.25, -0.2) is 12.8 Å². The molecule has 0 saturated carbocycles. The van der Waals surface area contributed by atoms with Gasteiger partial charge in [0.1, 0.15) is 11.7 Å². The number of benzene rings is 1. The van der Waals surface area contributed by atoms with E-state index in [2.05, 4.69) is 0 Å². The minimum atomic E-state index is -3.02. The van der Waals surface area contributed by atoms with E-state index in [4.69, 9.17) is 5.41 Å². The Morgan fingerprint density at radius 3 is 2.79 bits per heavy atom. The van der Waals surface area contributed by atoms with Crippen molar-refractivity contribution in [3.8, 4) is 0 Å². The minimum Gasteiger partial charge on any atom is -0.346 e. The molecule has 0 aliphatic carbocycles. The molecule has 1 fully saturated rings. The molecule has 2 aliphatic heterocycles. The van der Waals surface area contributed by atoms with Gasteiger partial charge >= 0.3 is 0 Å². The normalized spacial score (nSPS) is 28.7. The van der Waals surface area contributed by atoms with E-state index in [0.29, 0.717) is 18.5 Å². The summed E-state index contributed by atoms with van der Waals surface area (Å²) in [6.07, 6.45) is 0.522. The topological polar surface area (TPSA) is 61.2 Å². The van der Waals surface area contributed by atoms with Gasteiger partial charge in [-0.1, -0.05) is 6.07 Å². The van der Waals surface area contributed by atoms with Gasteiger partial charge in [0.15, 0.2) is 9.84 Å². The van der Waals surface area contributed by atoms with Crippen LogP contribution in [0.1, 0.15) is 24.5 Å². The van der Waals surface area contributed by atoms with Crippen LogP contribution in [0.25, 0.3) is 0 Å². The summed E-state index contributed by atoms with van der Waals surface area (Å²) in [7, 11) is -3.02. The fraction of sp³-hybridized carbons (Fsp3) is 0.462. The standard InChI is InChI=1S/C13H15FN2O2S/c1-13(4-5-19(17,18)8-13)16-7-9-2-3-10(14)6-11(9)12(16)15/h2-3,6,15H,4-5,7-8H2,1H3. The largest absolute Gasteiger partial charge is 0.346 e. The summed E-state index contributed by atoms with van der Waals surface area (Å²) >= 11 is 0. The second-order valence-electron chi connectivity index (χ2n) is 5.58. The minimum absolute atomic E-state index is 0.0683. The van der Waals surface area contributed by atoms with E-state index >= 15 is 0 Å². The van der Waals surface area contributed by atoms with Gasteiger partial charge in [0.2, 0.25) is 0 Å². The van der Waals surface area contributed by atoms with Gasteiger partial charge in [0.25, 0.3) is 0 Å². The van der Waals surface area contributed by atoms with Gasteiger partial charge in [-0.05, 0) is 31.0 Å². The smallest absolute Gasteiger partial charge is 0.152 e. The molecule has 6 heteroatoms. The fourth-order valence-electron chi connectivity index (χ4n) is 2.97. The first kappa shape index (κ1) is 12.6. The zero-order valence-electron chi connectivity index (χ0n) is 10.6. The molecule has 1 N–H and O–H groups in total. The van der Waals surface area contributed by atoms with Crippen LogP contribution in [0.2, 0.25) is 0 Å². The first-order valence-electron chi connectivity index (χ1n) is 6.16. The van der Waals surface area contributed by atoms with E-state index in [9.17, 15) is 12.8 Å². The Balaban J connectivity index is 1.97. The molecule has 0 amide bonds. The third-order valence-electron chi connectivity index (χ3n) is 4.06.